The molecule has 12 heteroatoms. The van der Waals surface area contributed by atoms with E-state index in [2.05, 4.69) is 32.0 Å². The van der Waals surface area contributed by atoms with Crippen molar-refractivity contribution in [3.63, 3.8) is 0 Å². The Labute approximate surface area is 265 Å². The lowest BCUT2D eigenvalue weighted by atomic mass is 9.97. The fraction of sp³-hybridized carbons (Fsp3) is 0.353. The van der Waals surface area contributed by atoms with Crippen LogP contribution in [0.4, 0.5) is 15.9 Å². The Balaban J connectivity index is 1.61. The van der Waals surface area contributed by atoms with E-state index in [9.17, 15) is 9.59 Å². The number of rotatable bonds is 4. The van der Waals surface area contributed by atoms with Gasteiger partial charge in [-0.15, -0.1) is 0 Å². The first kappa shape index (κ1) is 29.6. The molecule has 0 saturated carbocycles. The smallest absolute Gasteiger partial charge is 0.355 e. The molecule has 1 saturated heterocycles. The molecule has 1 aromatic carbocycles. The zero-order chi connectivity index (χ0) is 32.4. The number of H-pyrrole nitrogens is 1. The molecular formula is C34H36FN9O2. The average Bonchev–Trinajstić information content (AvgIpc) is 3.49. The predicted molar refractivity (Wildman–Crippen MR) is 177 cm³/mol. The third-order valence-corrected chi connectivity index (χ3v) is 9.24. The summed E-state index contributed by atoms with van der Waals surface area (Å²) in [5.41, 5.74) is 4.38. The molecule has 4 aromatic heterocycles. The van der Waals surface area contributed by atoms with Crippen molar-refractivity contribution in [3.8, 4) is 16.9 Å². The number of pyridine rings is 2. The summed E-state index contributed by atoms with van der Waals surface area (Å²) in [6, 6.07) is 5.28. The molecule has 11 nitrogen and oxygen atoms in total. The van der Waals surface area contributed by atoms with E-state index in [1.807, 2.05) is 52.8 Å². The number of aromatic nitrogens is 6. The van der Waals surface area contributed by atoms with Gasteiger partial charge in [0.2, 0.25) is 5.91 Å². The van der Waals surface area contributed by atoms with E-state index in [4.69, 9.17) is 9.97 Å². The van der Waals surface area contributed by atoms with Crippen LogP contribution in [-0.4, -0.2) is 72.2 Å². The molecular weight excluding hydrogens is 585 g/mol. The number of carbonyl (C=O) groups is 1. The van der Waals surface area contributed by atoms with E-state index < -0.39 is 11.5 Å². The number of hydrogen-bond acceptors (Lipinski definition) is 8. The van der Waals surface area contributed by atoms with Crippen LogP contribution in [-0.2, 0) is 4.79 Å². The van der Waals surface area contributed by atoms with Crippen molar-refractivity contribution in [2.45, 2.75) is 59.0 Å². The number of anilines is 2. The van der Waals surface area contributed by atoms with Crippen LogP contribution in [0.5, 0.6) is 0 Å². The predicted octanol–water partition coefficient (Wildman–Crippen LogP) is 5.01. The van der Waals surface area contributed by atoms with E-state index >= 15 is 4.39 Å². The SMILES string of the molecule is C=CC(=O)N1CC(C)N2c3nc(=O)n(-c4c(C)ccnc4C(C)C)c4nc(-c5c(C)ccc6[nH]ncc56)c(F)c(c34)NCCC2C1. The second-order valence-corrected chi connectivity index (χ2v) is 12.6. The van der Waals surface area contributed by atoms with Crippen LogP contribution in [0, 0.1) is 19.7 Å². The topological polar surface area (TPSA) is 125 Å². The van der Waals surface area contributed by atoms with Crippen LogP contribution < -0.4 is 15.9 Å². The summed E-state index contributed by atoms with van der Waals surface area (Å²) in [5.74, 6) is -0.346. The van der Waals surface area contributed by atoms with Gasteiger partial charge in [-0.1, -0.05) is 26.5 Å². The lowest BCUT2D eigenvalue weighted by molar-refractivity contribution is -0.127. The lowest BCUT2D eigenvalue weighted by Gasteiger charge is -2.47. The number of aryl methyl sites for hydroxylation is 2. The highest BCUT2D eigenvalue weighted by Gasteiger charge is 2.39. The van der Waals surface area contributed by atoms with Crippen LogP contribution in [0.15, 0.2) is 48.0 Å². The Hall–Kier alpha value is -5.13. The minimum Gasteiger partial charge on any atom is -0.382 e. The normalized spacial score (nSPS) is 18.0. The monoisotopic (exact) mass is 621 g/mol. The van der Waals surface area contributed by atoms with Gasteiger partial charge in [0.15, 0.2) is 11.5 Å². The molecule has 0 bridgehead atoms. The van der Waals surface area contributed by atoms with Crippen LogP contribution in [0.2, 0.25) is 0 Å². The minimum absolute atomic E-state index is 0.0188. The Morgan fingerprint density at radius 1 is 1.15 bits per heavy atom. The minimum atomic E-state index is -0.536. The maximum absolute atomic E-state index is 17.1. The number of fused-ring (bicyclic) bond motifs is 3. The molecule has 2 unspecified atom stereocenters. The molecule has 1 amide bonds. The van der Waals surface area contributed by atoms with Crippen molar-refractivity contribution in [2.75, 3.05) is 29.9 Å². The summed E-state index contributed by atoms with van der Waals surface area (Å²) in [5, 5.41) is 11.7. The van der Waals surface area contributed by atoms with Gasteiger partial charge >= 0.3 is 5.69 Å². The van der Waals surface area contributed by atoms with E-state index in [-0.39, 0.29) is 40.9 Å². The van der Waals surface area contributed by atoms with Crippen molar-refractivity contribution in [3.05, 3.63) is 76.4 Å². The summed E-state index contributed by atoms with van der Waals surface area (Å²) >= 11 is 0. The molecule has 1 fully saturated rings. The van der Waals surface area contributed by atoms with E-state index in [0.717, 1.165) is 22.0 Å². The molecule has 6 heterocycles. The Morgan fingerprint density at radius 2 is 1.96 bits per heavy atom. The Bertz CT molecular complexity index is 2120. The number of nitrogens with one attached hydrogen (secondary N) is 2. The van der Waals surface area contributed by atoms with Gasteiger partial charge in [0.25, 0.3) is 0 Å². The summed E-state index contributed by atoms with van der Waals surface area (Å²) < 4.78 is 18.6. The van der Waals surface area contributed by atoms with Gasteiger partial charge in [-0.2, -0.15) is 10.1 Å². The Kier molecular flexibility index (Phi) is 7.10. The molecule has 5 aromatic rings. The van der Waals surface area contributed by atoms with Crippen molar-refractivity contribution < 1.29 is 9.18 Å². The molecule has 7 rings (SSSR count). The van der Waals surface area contributed by atoms with Gasteiger partial charge in [-0.05, 0) is 62.4 Å². The lowest BCUT2D eigenvalue weighted by Crippen LogP contribution is -2.60. The molecule has 2 aliphatic heterocycles. The number of carbonyl (C=O) groups excluding carboxylic acids is 1. The molecule has 2 aliphatic rings. The third kappa shape index (κ3) is 4.45. The first-order valence-electron chi connectivity index (χ1n) is 15.6. The number of nitrogens with zero attached hydrogens (tertiary/aromatic N) is 7. The van der Waals surface area contributed by atoms with Gasteiger partial charge in [0.05, 0.1) is 40.2 Å². The number of piperazine rings is 1. The van der Waals surface area contributed by atoms with E-state index in [0.29, 0.717) is 54.2 Å². The summed E-state index contributed by atoms with van der Waals surface area (Å²) in [6.07, 6.45) is 5.31. The van der Waals surface area contributed by atoms with Gasteiger partial charge in [0, 0.05) is 42.8 Å². The van der Waals surface area contributed by atoms with E-state index in [1.165, 1.54) is 10.6 Å². The molecule has 236 valence electrons. The molecule has 0 aliphatic carbocycles. The number of halogens is 1. The third-order valence-electron chi connectivity index (χ3n) is 9.24. The number of hydrogen-bond donors (Lipinski definition) is 2. The van der Waals surface area contributed by atoms with Gasteiger partial charge in [-0.3, -0.25) is 14.9 Å². The van der Waals surface area contributed by atoms with Crippen molar-refractivity contribution >= 4 is 39.3 Å². The summed E-state index contributed by atoms with van der Waals surface area (Å²) in [4.78, 5) is 45.3. The Morgan fingerprint density at radius 3 is 2.72 bits per heavy atom. The van der Waals surface area contributed by atoms with Crippen molar-refractivity contribution in [1.82, 2.24) is 34.6 Å². The van der Waals surface area contributed by atoms with Crippen molar-refractivity contribution in [2.24, 2.45) is 0 Å². The zero-order valence-electron chi connectivity index (χ0n) is 26.6. The van der Waals surface area contributed by atoms with Gasteiger partial charge in [-0.25, -0.2) is 18.7 Å². The van der Waals surface area contributed by atoms with Crippen LogP contribution in [0.3, 0.4) is 0 Å². The highest BCUT2D eigenvalue weighted by molar-refractivity contribution is 6.04. The highest BCUT2D eigenvalue weighted by Crippen LogP contribution is 2.43. The quantitative estimate of drug-likeness (QED) is 0.269. The first-order chi connectivity index (χ1) is 22.1. The van der Waals surface area contributed by atoms with Crippen LogP contribution in [0.25, 0.3) is 38.9 Å². The zero-order valence-corrected chi connectivity index (χ0v) is 26.6. The molecule has 2 atom stereocenters. The summed E-state index contributed by atoms with van der Waals surface area (Å²) in [6.45, 7) is 14.8. The van der Waals surface area contributed by atoms with Crippen LogP contribution >= 0.6 is 0 Å². The average molecular weight is 622 g/mol. The van der Waals surface area contributed by atoms with E-state index in [1.54, 1.807) is 17.3 Å². The summed E-state index contributed by atoms with van der Waals surface area (Å²) in [7, 11) is 0. The highest BCUT2D eigenvalue weighted by atomic mass is 19.1. The van der Waals surface area contributed by atoms with Crippen molar-refractivity contribution in [1.29, 1.82) is 0 Å². The molecule has 0 radical (unpaired) electrons. The number of benzene rings is 1. The maximum atomic E-state index is 17.1. The largest absolute Gasteiger partial charge is 0.382 e. The maximum Gasteiger partial charge on any atom is 0.355 e. The number of amides is 1. The second kappa shape index (κ2) is 11.0. The first-order valence-corrected chi connectivity index (χ1v) is 15.6. The fourth-order valence-corrected chi connectivity index (χ4v) is 7.13. The molecule has 0 spiro atoms. The van der Waals surface area contributed by atoms with Gasteiger partial charge in [0.1, 0.15) is 11.5 Å². The molecule has 46 heavy (non-hydrogen) atoms. The standard InChI is InChI=1S/C34H36FN9O2/c1-7-24(45)42-15-20(6)43-21(16-42)11-13-37-29-26-32(39-30(27(29)35)25-18(4)8-9-23-22(25)14-38-41-23)44(34(46)40-33(26)43)31-19(5)10-12-36-28(31)17(2)3/h7-10,12,14,17,20-21,37H,1,11,13,15-16H2,2-6H3,(H,38,41). The van der Waals surface area contributed by atoms with Gasteiger partial charge < -0.3 is 15.1 Å². The van der Waals surface area contributed by atoms with Crippen LogP contribution in [0.1, 0.15) is 49.9 Å². The second-order valence-electron chi connectivity index (χ2n) is 12.6. The fourth-order valence-electron chi connectivity index (χ4n) is 7.13. The molecule has 2 N–H and O–H groups in total. The number of aromatic amines is 1.